The first-order valence-electron chi connectivity index (χ1n) is 11.7. The molecule has 7 heteroatoms. The number of benzene rings is 3. The molecule has 0 bridgehead atoms. The number of anilines is 2. The van der Waals surface area contributed by atoms with Gasteiger partial charge in [-0.1, -0.05) is 42.5 Å². The molecule has 7 nitrogen and oxygen atoms in total. The first-order valence-corrected chi connectivity index (χ1v) is 11.7. The van der Waals surface area contributed by atoms with E-state index in [9.17, 15) is 14.4 Å². The summed E-state index contributed by atoms with van der Waals surface area (Å²) in [5.74, 6) is -2.07. The van der Waals surface area contributed by atoms with Gasteiger partial charge in [-0.05, 0) is 48.0 Å². The molecule has 3 aromatic rings. The van der Waals surface area contributed by atoms with E-state index in [2.05, 4.69) is 0 Å². The molecule has 2 fully saturated rings. The van der Waals surface area contributed by atoms with Crippen LogP contribution in [-0.2, 0) is 19.1 Å². The Kier molecular flexibility index (Phi) is 4.88. The predicted octanol–water partition coefficient (Wildman–Crippen LogP) is 3.80. The van der Waals surface area contributed by atoms with E-state index < -0.39 is 29.9 Å². The van der Waals surface area contributed by atoms with Gasteiger partial charge in [-0.15, -0.1) is 0 Å². The van der Waals surface area contributed by atoms with Crippen LogP contribution in [0.25, 0.3) is 16.8 Å². The van der Waals surface area contributed by atoms with Crippen LogP contribution in [0.5, 0.6) is 5.75 Å². The lowest BCUT2D eigenvalue weighted by molar-refractivity contribution is -0.147. The van der Waals surface area contributed by atoms with Crippen molar-refractivity contribution in [2.24, 2.45) is 11.8 Å². The number of amides is 2. The van der Waals surface area contributed by atoms with E-state index in [1.54, 1.807) is 38.3 Å². The Balaban J connectivity index is 1.47. The summed E-state index contributed by atoms with van der Waals surface area (Å²) < 4.78 is 10.6. The monoisotopic (exact) mass is 468 g/mol. The highest BCUT2D eigenvalue weighted by Crippen LogP contribution is 2.50. The van der Waals surface area contributed by atoms with Gasteiger partial charge in [0.2, 0.25) is 11.8 Å². The molecule has 0 unspecified atom stereocenters. The number of fused-ring (bicyclic) bond motifs is 7. The molecular weight excluding hydrogens is 444 g/mol. The predicted molar refractivity (Wildman–Crippen MR) is 132 cm³/mol. The summed E-state index contributed by atoms with van der Waals surface area (Å²) in [7, 11) is 1.56. The van der Waals surface area contributed by atoms with Gasteiger partial charge in [0, 0.05) is 11.3 Å². The highest BCUT2D eigenvalue weighted by atomic mass is 16.5. The fraction of sp³-hybridized carbons (Fsp3) is 0.250. The van der Waals surface area contributed by atoms with Gasteiger partial charge < -0.3 is 14.4 Å². The number of carbonyl (C=O) groups is 3. The van der Waals surface area contributed by atoms with Crippen LogP contribution in [0.1, 0.15) is 12.5 Å². The fourth-order valence-corrected chi connectivity index (χ4v) is 5.81. The average molecular weight is 469 g/mol. The van der Waals surface area contributed by atoms with E-state index in [0.29, 0.717) is 11.4 Å². The Bertz CT molecular complexity index is 1400. The second-order valence-electron chi connectivity index (χ2n) is 8.93. The minimum Gasteiger partial charge on any atom is -0.497 e. The Labute approximate surface area is 202 Å². The maximum Gasteiger partial charge on any atom is 0.329 e. The Morgan fingerprint density at radius 2 is 1.69 bits per heavy atom. The molecule has 3 aliphatic rings. The van der Waals surface area contributed by atoms with E-state index in [4.69, 9.17) is 9.47 Å². The van der Waals surface area contributed by atoms with Crippen LogP contribution in [0.15, 0.2) is 66.7 Å². The summed E-state index contributed by atoms with van der Waals surface area (Å²) in [4.78, 5) is 43.9. The van der Waals surface area contributed by atoms with Crippen molar-refractivity contribution in [2.75, 3.05) is 23.5 Å². The number of imide groups is 1. The summed E-state index contributed by atoms with van der Waals surface area (Å²) in [5, 5.41) is 2.14. The highest BCUT2D eigenvalue weighted by Gasteiger charge is 2.65. The molecule has 0 aliphatic carbocycles. The zero-order valence-corrected chi connectivity index (χ0v) is 19.4. The third-order valence-electron chi connectivity index (χ3n) is 7.27. The number of methoxy groups -OCH3 is 1. The zero-order chi connectivity index (χ0) is 24.3. The average Bonchev–Trinajstić information content (AvgIpc) is 3.36. The number of carbonyl (C=O) groups excluding carboxylic acids is 3. The van der Waals surface area contributed by atoms with Gasteiger partial charge >= 0.3 is 5.97 Å². The molecule has 3 aliphatic heterocycles. The molecule has 0 saturated carbocycles. The maximum absolute atomic E-state index is 13.8. The second kappa shape index (κ2) is 7.98. The van der Waals surface area contributed by atoms with E-state index in [1.165, 1.54) is 4.90 Å². The molecule has 35 heavy (non-hydrogen) atoms. The molecular formula is C28H24N2O5. The van der Waals surface area contributed by atoms with Crippen LogP contribution in [0.4, 0.5) is 11.4 Å². The number of hydrogen-bond donors (Lipinski definition) is 0. The van der Waals surface area contributed by atoms with E-state index in [0.717, 1.165) is 22.0 Å². The molecule has 176 valence electrons. The van der Waals surface area contributed by atoms with Crippen LogP contribution in [0.3, 0.4) is 0 Å². The van der Waals surface area contributed by atoms with Crippen LogP contribution in [0.2, 0.25) is 0 Å². The topological polar surface area (TPSA) is 76.1 Å². The lowest BCUT2D eigenvalue weighted by atomic mass is 9.88. The van der Waals surface area contributed by atoms with Crippen LogP contribution in [-0.4, -0.2) is 43.6 Å². The Morgan fingerprint density at radius 1 is 0.943 bits per heavy atom. The summed E-state index contributed by atoms with van der Waals surface area (Å²) >= 11 is 0. The van der Waals surface area contributed by atoms with Gasteiger partial charge in [0.1, 0.15) is 11.8 Å². The van der Waals surface area contributed by atoms with Crippen molar-refractivity contribution in [2.45, 2.75) is 19.0 Å². The fourth-order valence-electron chi connectivity index (χ4n) is 5.81. The molecule has 0 spiro atoms. The number of esters is 1. The van der Waals surface area contributed by atoms with Crippen LogP contribution in [0, 0.1) is 11.8 Å². The molecule has 2 amide bonds. The molecule has 3 aromatic carbocycles. The Hall–Kier alpha value is -4.13. The van der Waals surface area contributed by atoms with E-state index in [-0.39, 0.29) is 18.4 Å². The number of rotatable bonds is 4. The van der Waals surface area contributed by atoms with Crippen molar-refractivity contribution < 1.29 is 23.9 Å². The minimum atomic E-state index is -0.894. The quantitative estimate of drug-likeness (QED) is 0.428. The summed E-state index contributed by atoms with van der Waals surface area (Å²) in [6.45, 7) is 1.93. The van der Waals surface area contributed by atoms with Crippen LogP contribution < -0.4 is 14.5 Å². The van der Waals surface area contributed by atoms with Crippen LogP contribution >= 0.6 is 0 Å². The molecule has 4 atom stereocenters. The smallest absolute Gasteiger partial charge is 0.329 e. The first kappa shape index (κ1) is 21.4. The lowest BCUT2D eigenvalue weighted by Gasteiger charge is -2.36. The number of nitrogens with zero attached hydrogens (tertiary/aromatic N) is 2. The third-order valence-corrected chi connectivity index (χ3v) is 7.27. The van der Waals surface area contributed by atoms with Gasteiger partial charge in [0.05, 0.1) is 37.3 Å². The summed E-state index contributed by atoms with van der Waals surface area (Å²) in [6.07, 6.45) is 3.96. The molecule has 0 radical (unpaired) electrons. The van der Waals surface area contributed by atoms with Crippen molar-refractivity contribution >= 4 is 46.0 Å². The van der Waals surface area contributed by atoms with Crippen molar-refractivity contribution in [1.82, 2.24) is 0 Å². The Morgan fingerprint density at radius 3 is 2.43 bits per heavy atom. The van der Waals surface area contributed by atoms with Gasteiger partial charge in [0.25, 0.3) is 0 Å². The molecule has 6 rings (SSSR count). The lowest BCUT2D eigenvalue weighted by Crippen LogP contribution is -2.49. The van der Waals surface area contributed by atoms with Gasteiger partial charge in [-0.2, -0.15) is 0 Å². The molecule has 3 heterocycles. The number of ether oxygens (including phenoxy) is 2. The largest absolute Gasteiger partial charge is 0.497 e. The molecule has 2 saturated heterocycles. The standard InChI is InChI=1S/C28H24N2O5/c1-3-35-28(33)25-24-23(26(31)29(27(24)32)17-9-11-18(34-2)12-10-17)22-15-13-20-19-7-5-4-6-16(19)8-14-21(20)30(22)25/h4-15,22-25H,3H2,1-2H3/t22-,23-,24-,25+/m0/s1. The molecule has 0 N–H and O–H groups in total. The van der Waals surface area contributed by atoms with Crippen molar-refractivity contribution in [3.63, 3.8) is 0 Å². The normalized spacial score (nSPS) is 24.4. The third kappa shape index (κ3) is 3.00. The van der Waals surface area contributed by atoms with Gasteiger partial charge in [-0.3, -0.25) is 9.59 Å². The summed E-state index contributed by atoms with van der Waals surface area (Å²) in [5.41, 5.74) is 2.27. The second-order valence-corrected chi connectivity index (χ2v) is 8.93. The van der Waals surface area contributed by atoms with Crippen molar-refractivity contribution in [3.05, 3.63) is 72.3 Å². The molecule has 0 aromatic heterocycles. The summed E-state index contributed by atoms with van der Waals surface area (Å²) in [6, 6.07) is 17.5. The van der Waals surface area contributed by atoms with Crippen molar-refractivity contribution in [3.8, 4) is 5.75 Å². The number of hydrogen-bond acceptors (Lipinski definition) is 6. The minimum absolute atomic E-state index is 0.190. The van der Waals surface area contributed by atoms with E-state index in [1.807, 2.05) is 53.5 Å². The first-order chi connectivity index (χ1) is 17.0. The zero-order valence-electron chi connectivity index (χ0n) is 19.4. The van der Waals surface area contributed by atoms with E-state index >= 15 is 0 Å². The van der Waals surface area contributed by atoms with Crippen molar-refractivity contribution in [1.29, 1.82) is 0 Å². The SMILES string of the molecule is CCOC(=O)[C@H]1[C@H]2C(=O)N(c3ccc(OC)cc3)C(=O)[C@H]2[C@@H]2C=Cc3c(ccc4ccccc34)N21. The van der Waals surface area contributed by atoms with Gasteiger partial charge in [0.15, 0.2) is 0 Å². The maximum atomic E-state index is 13.8. The van der Waals surface area contributed by atoms with Gasteiger partial charge in [-0.25, -0.2) is 9.69 Å². The highest BCUT2D eigenvalue weighted by molar-refractivity contribution is 6.24.